The van der Waals surface area contributed by atoms with Gasteiger partial charge in [0.1, 0.15) is 6.10 Å². The lowest BCUT2D eigenvalue weighted by molar-refractivity contribution is -0.151. The van der Waals surface area contributed by atoms with Crippen LogP contribution in [0, 0.1) is 0 Å². The average Bonchev–Trinajstić information content (AvgIpc) is 3.19. The van der Waals surface area contributed by atoms with E-state index >= 15 is 0 Å². The van der Waals surface area contributed by atoms with Crippen LogP contribution < -0.4 is 5.32 Å². The van der Waals surface area contributed by atoms with Gasteiger partial charge in [-0.2, -0.15) is 0 Å². The standard InChI is InChI=1S/C50H97NO5/c1-4-7-10-13-16-19-22-24-27-29-32-35-38-41-46(56-50(55)43-40-37-34-31-26-21-18-15-12-9-6-3)44-49(54)51-47(45-52)48(53)42-39-36-33-30-28-25-23-20-17-14-11-8-5-2/h15,18,46-48,52-53H,4-14,16-17,19-45H2,1-3H3,(H,51,54)/b18-15-. The number of allylic oxidation sites excluding steroid dienone is 2. The molecular weight excluding hydrogens is 695 g/mol. The number of aliphatic hydroxyl groups is 2. The summed E-state index contributed by atoms with van der Waals surface area (Å²) in [6.07, 6.45) is 48.4. The summed E-state index contributed by atoms with van der Waals surface area (Å²) in [6.45, 7) is 6.46. The predicted molar refractivity (Wildman–Crippen MR) is 241 cm³/mol. The van der Waals surface area contributed by atoms with E-state index in [1.54, 1.807) is 0 Å². The van der Waals surface area contributed by atoms with Crippen LogP contribution in [0.25, 0.3) is 0 Å². The number of hydrogen-bond donors (Lipinski definition) is 3. The molecule has 6 nitrogen and oxygen atoms in total. The first-order chi connectivity index (χ1) is 27.5. The van der Waals surface area contributed by atoms with Crippen molar-refractivity contribution in [1.29, 1.82) is 0 Å². The third kappa shape index (κ3) is 39.4. The molecule has 0 spiro atoms. The van der Waals surface area contributed by atoms with Crippen molar-refractivity contribution >= 4 is 11.9 Å². The molecule has 3 unspecified atom stereocenters. The van der Waals surface area contributed by atoms with Crippen LogP contribution >= 0.6 is 0 Å². The van der Waals surface area contributed by atoms with Gasteiger partial charge in [-0.25, -0.2) is 0 Å². The highest BCUT2D eigenvalue weighted by molar-refractivity contribution is 5.77. The van der Waals surface area contributed by atoms with Gasteiger partial charge in [0.2, 0.25) is 5.91 Å². The molecule has 0 aliphatic carbocycles. The van der Waals surface area contributed by atoms with E-state index in [1.165, 1.54) is 173 Å². The van der Waals surface area contributed by atoms with Gasteiger partial charge in [-0.15, -0.1) is 0 Å². The number of carbonyl (C=O) groups excluding carboxylic acids is 2. The van der Waals surface area contributed by atoms with E-state index < -0.39 is 18.2 Å². The maximum absolute atomic E-state index is 13.2. The molecule has 0 heterocycles. The highest BCUT2D eigenvalue weighted by Crippen LogP contribution is 2.18. The van der Waals surface area contributed by atoms with E-state index in [-0.39, 0.29) is 24.9 Å². The largest absolute Gasteiger partial charge is 0.462 e. The monoisotopic (exact) mass is 792 g/mol. The van der Waals surface area contributed by atoms with Gasteiger partial charge >= 0.3 is 5.97 Å². The maximum Gasteiger partial charge on any atom is 0.306 e. The molecule has 6 heteroatoms. The highest BCUT2D eigenvalue weighted by Gasteiger charge is 2.24. The highest BCUT2D eigenvalue weighted by atomic mass is 16.5. The lowest BCUT2D eigenvalue weighted by Gasteiger charge is -2.24. The number of amides is 1. The van der Waals surface area contributed by atoms with Gasteiger partial charge in [0, 0.05) is 6.42 Å². The Labute approximate surface area is 349 Å². The molecule has 0 bridgehead atoms. The topological polar surface area (TPSA) is 95.9 Å². The molecule has 0 aromatic carbocycles. The first-order valence-electron chi connectivity index (χ1n) is 24.9. The zero-order valence-corrected chi connectivity index (χ0v) is 37.8. The minimum Gasteiger partial charge on any atom is -0.462 e. The smallest absolute Gasteiger partial charge is 0.306 e. The summed E-state index contributed by atoms with van der Waals surface area (Å²) in [5.41, 5.74) is 0. The molecule has 0 rings (SSSR count). The second-order valence-electron chi connectivity index (χ2n) is 17.2. The normalized spacial score (nSPS) is 13.3. The Morgan fingerprint density at radius 3 is 1.32 bits per heavy atom. The average molecular weight is 792 g/mol. The predicted octanol–water partition coefficient (Wildman–Crippen LogP) is 14.6. The SMILES string of the molecule is CCCC/C=C\CCCCCCCC(=O)OC(CCCCCCCCCCCCCCC)CC(=O)NC(CO)C(O)CCCCCCCCCCCCCCC. The minimum absolute atomic E-state index is 0.0811. The molecule has 1 amide bonds. The number of esters is 1. The summed E-state index contributed by atoms with van der Waals surface area (Å²) in [6, 6.07) is -0.695. The summed E-state index contributed by atoms with van der Waals surface area (Å²) < 4.78 is 5.91. The molecule has 0 aliphatic rings. The summed E-state index contributed by atoms with van der Waals surface area (Å²) >= 11 is 0. The number of aliphatic hydroxyl groups excluding tert-OH is 2. The van der Waals surface area contributed by atoms with Crippen molar-refractivity contribution in [3.05, 3.63) is 12.2 Å². The van der Waals surface area contributed by atoms with Gasteiger partial charge in [0.15, 0.2) is 0 Å². The van der Waals surface area contributed by atoms with Crippen LogP contribution in [-0.4, -0.2) is 46.9 Å². The van der Waals surface area contributed by atoms with Crippen LogP contribution in [0.1, 0.15) is 271 Å². The number of unbranched alkanes of at least 4 members (excludes halogenated alkanes) is 31. The van der Waals surface area contributed by atoms with Crippen LogP contribution in [0.15, 0.2) is 12.2 Å². The van der Waals surface area contributed by atoms with Crippen molar-refractivity contribution in [2.24, 2.45) is 0 Å². The Morgan fingerprint density at radius 1 is 0.500 bits per heavy atom. The summed E-state index contributed by atoms with van der Waals surface area (Å²) in [4.78, 5) is 26.0. The number of ether oxygens (including phenoxy) is 1. The first kappa shape index (κ1) is 54.6. The van der Waals surface area contributed by atoms with Gasteiger partial charge in [0.25, 0.3) is 0 Å². The lowest BCUT2D eigenvalue weighted by atomic mass is 10.0. The number of nitrogens with one attached hydrogen (secondary N) is 1. The third-order valence-corrected chi connectivity index (χ3v) is 11.6. The van der Waals surface area contributed by atoms with E-state index in [0.29, 0.717) is 19.3 Å². The maximum atomic E-state index is 13.2. The second-order valence-corrected chi connectivity index (χ2v) is 17.2. The fourth-order valence-electron chi connectivity index (χ4n) is 7.77. The van der Waals surface area contributed by atoms with Gasteiger partial charge in [0.05, 0.1) is 25.2 Å². The summed E-state index contributed by atoms with van der Waals surface area (Å²) in [5.74, 6) is -0.470. The van der Waals surface area contributed by atoms with Crippen molar-refractivity contribution in [3.8, 4) is 0 Å². The van der Waals surface area contributed by atoms with Crippen molar-refractivity contribution in [2.75, 3.05) is 6.61 Å². The van der Waals surface area contributed by atoms with Crippen molar-refractivity contribution in [3.63, 3.8) is 0 Å². The Bertz CT molecular complexity index is 847. The minimum atomic E-state index is -0.782. The number of hydrogen-bond acceptors (Lipinski definition) is 5. The molecule has 3 atom stereocenters. The van der Waals surface area contributed by atoms with Gasteiger partial charge in [-0.1, -0.05) is 226 Å². The Hall–Kier alpha value is -1.40. The molecule has 0 aliphatic heterocycles. The van der Waals surface area contributed by atoms with E-state index in [0.717, 1.165) is 51.4 Å². The Kier molecular flexibility index (Phi) is 43.6. The fraction of sp³-hybridized carbons (Fsp3) is 0.920. The fourth-order valence-corrected chi connectivity index (χ4v) is 7.77. The summed E-state index contributed by atoms with van der Waals surface area (Å²) in [5, 5.41) is 23.7. The van der Waals surface area contributed by atoms with Crippen molar-refractivity contribution in [2.45, 2.75) is 289 Å². The second kappa shape index (κ2) is 44.7. The molecule has 332 valence electrons. The molecule has 3 N–H and O–H groups in total. The third-order valence-electron chi connectivity index (χ3n) is 11.6. The van der Waals surface area contributed by atoms with Crippen molar-refractivity contribution < 1.29 is 24.5 Å². The Morgan fingerprint density at radius 2 is 0.875 bits per heavy atom. The van der Waals surface area contributed by atoms with E-state index in [9.17, 15) is 19.8 Å². The van der Waals surface area contributed by atoms with Crippen LogP contribution in [0.4, 0.5) is 0 Å². The number of rotatable bonds is 45. The molecular formula is C50H97NO5. The zero-order chi connectivity index (χ0) is 41.0. The summed E-state index contributed by atoms with van der Waals surface area (Å²) in [7, 11) is 0. The van der Waals surface area contributed by atoms with Crippen LogP contribution in [0.3, 0.4) is 0 Å². The molecule has 0 saturated carbocycles. The quantitative estimate of drug-likeness (QED) is 0.0324. The van der Waals surface area contributed by atoms with Crippen molar-refractivity contribution in [1.82, 2.24) is 5.32 Å². The van der Waals surface area contributed by atoms with Gasteiger partial charge < -0.3 is 20.3 Å². The first-order valence-corrected chi connectivity index (χ1v) is 24.9. The van der Waals surface area contributed by atoms with Gasteiger partial charge in [-0.3, -0.25) is 9.59 Å². The molecule has 56 heavy (non-hydrogen) atoms. The van der Waals surface area contributed by atoms with Crippen LogP contribution in [-0.2, 0) is 14.3 Å². The molecule has 0 fully saturated rings. The van der Waals surface area contributed by atoms with E-state index in [4.69, 9.17) is 4.74 Å². The number of carbonyl (C=O) groups is 2. The zero-order valence-electron chi connectivity index (χ0n) is 37.8. The Balaban J connectivity index is 4.54. The van der Waals surface area contributed by atoms with E-state index in [2.05, 4.69) is 38.2 Å². The molecule has 0 saturated heterocycles. The lowest BCUT2D eigenvalue weighted by Crippen LogP contribution is -2.46. The van der Waals surface area contributed by atoms with Gasteiger partial charge in [-0.05, 0) is 44.9 Å². The van der Waals surface area contributed by atoms with Crippen LogP contribution in [0.5, 0.6) is 0 Å². The van der Waals surface area contributed by atoms with E-state index in [1.807, 2.05) is 0 Å². The molecule has 0 radical (unpaired) electrons. The molecule has 0 aromatic rings. The molecule has 0 aromatic heterocycles. The van der Waals surface area contributed by atoms with Crippen LogP contribution in [0.2, 0.25) is 0 Å².